The minimum Gasteiger partial charge on any atom is -0.480 e. The van der Waals surface area contributed by atoms with Gasteiger partial charge in [0.15, 0.2) is 11.6 Å². The Hall–Kier alpha value is -2.76. The van der Waals surface area contributed by atoms with Crippen molar-refractivity contribution in [2.75, 3.05) is 6.54 Å². The molecular formula is C21H27NO5. The fourth-order valence-electron chi connectivity index (χ4n) is 2.54. The highest BCUT2D eigenvalue weighted by atomic mass is 16.4. The first-order valence-corrected chi connectivity index (χ1v) is 9.01. The normalized spacial score (nSPS) is 13.1. The maximum Gasteiger partial charge on any atom is 0.322 e. The van der Waals surface area contributed by atoms with Crippen LogP contribution in [0.1, 0.15) is 67.7 Å². The van der Waals surface area contributed by atoms with E-state index in [-0.39, 0.29) is 23.9 Å². The Kier molecular flexibility index (Phi) is 8.59. The van der Waals surface area contributed by atoms with Crippen LogP contribution in [0.3, 0.4) is 0 Å². The van der Waals surface area contributed by atoms with Gasteiger partial charge in [0.25, 0.3) is 0 Å². The Balaban J connectivity index is 0.000000828. The van der Waals surface area contributed by atoms with Crippen molar-refractivity contribution < 1.29 is 24.3 Å². The molecule has 0 saturated heterocycles. The van der Waals surface area contributed by atoms with Crippen molar-refractivity contribution in [2.24, 2.45) is 5.92 Å². The molecule has 0 unspecified atom stereocenters. The van der Waals surface area contributed by atoms with E-state index in [1.54, 1.807) is 31.2 Å². The van der Waals surface area contributed by atoms with Gasteiger partial charge in [0.1, 0.15) is 6.54 Å². The van der Waals surface area contributed by atoms with E-state index < -0.39 is 12.5 Å². The predicted molar refractivity (Wildman–Crippen MR) is 103 cm³/mol. The van der Waals surface area contributed by atoms with Gasteiger partial charge in [-0.05, 0) is 25.7 Å². The fourth-order valence-corrected chi connectivity index (χ4v) is 2.54. The van der Waals surface area contributed by atoms with E-state index in [9.17, 15) is 19.2 Å². The van der Waals surface area contributed by atoms with Crippen LogP contribution in [0.5, 0.6) is 0 Å². The van der Waals surface area contributed by atoms with Crippen molar-refractivity contribution in [3.05, 3.63) is 46.5 Å². The molecule has 0 saturated carbocycles. The number of hydrogen-bond acceptors (Lipinski definition) is 4. The number of ketones is 2. The molecule has 0 radical (unpaired) electrons. The molecule has 0 aliphatic heterocycles. The first kappa shape index (κ1) is 22.3. The summed E-state index contributed by atoms with van der Waals surface area (Å²) < 4.78 is 0. The van der Waals surface area contributed by atoms with Gasteiger partial charge in [0.2, 0.25) is 5.91 Å². The van der Waals surface area contributed by atoms with E-state index >= 15 is 0 Å². The number of allylic oxidation sites excluding steroid dienone is 2. The fraction of sp³-hybridized carbons (Fsp3) is 0.429. The lowest BCUT2D eigenvalue weighted by atomic mass is 9.83. The zero-order valence-corrected chi connectivity index (χ0v) is 16.3. The van der Waals surface area contributed by atoms with E-state index in [4.69, 9.17) is 5.11 Å². The SMILES string of the molecule is CC(C)C.CC1=C(CCCC(=O)NCC(=O)O)C(=O)c2ccccc2C1=O. The third-order valence-corrected chi connectivity index (χ3v) is 3.75. The molecule has 0 bridgehead atoms. The molecule has 1 amide bonds. The molecule has 2 N–H and O–H groups in total. The Morgan fingerprint density at radius 1 is 1.04 bits per heavy atom. The Bertz CT molecular complexity index is 759. The van der Waals surface area contributed by atoms with Crippen molar-refractivity contribution >= 4 is 23.4 Å². The molecule has 0 atom stereocenters. The highest BCUT2D eigenvalue weighted by molar-refractivity contribution is 6.26. The molecule has 0 aromatic heterocycles. The zero-order valence-electron chi connectivity index (χ0n) is 16.3. The van der Waals surface area contributed by atoms with Gasteiger partial charge in [-0.25, -0.2) is 0 Å². The van der Waals surface area contributed by atoms with Gasteiger partial charge in [-0.15, -0.1) is 0 Å². The summed E-state index contributed by atoms with van der Waals surface area (Å²) >= 11 is 0. The topological polar surface area (TPSA) is 101 Å². The van der Waals surface area contributed by atoms with Gasteiger partial charge in [-0.3, -0.25) is 19.2 Å². The van der Waals surface area contributed by atoms with Gasteiger partial charge >= 0.3 is 5.97 Å². The van der Waals surface area contributed by atoms with Crippen molar-refractivity contribution in [2.45, 2.75) is 47.0 Å². The lowest BCUT2D eigenvalue weighted by Gasteiger charge is -2.18. The molecule has 146 valence electrons. The second-order valence-electron chi connectivity index (χ2n) is 7.06. The third kappa shape index (κ3) is 6.81. The van der Waals surface area contributed by atoms with Crippen molar-refractivity contribution in [1.29, 1.82) is 0 Å². The van der Waals surface area contributed by atoms with Gasteiger partial charge in [-0.1, -0.05) is 45.0 Å². The molecule has 1 aliphatic carbocycles. The van der Waals surface area contributed by atoms with Crippen LogP contribution >= 0.6 is 0 Å². The number of fused-ring (bicyclic) bond motifs is 1. The van der Waals surface area contributed by atoms with Crippen LogP contribution in [0.25, 0.3) is 0 Å². The maximum absolute atomic E-state index is 12.5. The number of nitrogens with one attached hydrogen (secondary N) is 1. The van der Waals surface area contributed by atoms with Crippen LogP contribution < -0.4 is 5.32 Å². The summed E-state index contributed by atoms with van der Waals surface area (Å²) in [7, 11) is 0. The van der Waals surface area contributed by atoms with Crippen LogP contribution in [-0.2, 0) is 9.59 Å². The van der Waals surface area contributed by atoms with Crippen LogP contribution in [0.15, 0.2) is 35.4 Å². The Labute approximate surface area is 159 Å². The van der Waals surface area contributed by atoms with Crippen molar-refractivity contribution in [3.8, 4) is 0 Å². The first-order chi connectivity index (χ1) is 12.6. The van der Waals surface area contributed by atoms with Crippen LogP contribution in [-0.4, -0.2) is 35.1 Å². The number of rotatable bonds is 6. The highest BCUT2D eigenvalue weighted by Gasteiger charge is 2.28. The summed E-state index contributed by atoms with van der Waals surface area (Å²) in [6.07, 6.45) is 0.789. The monoisotopic (exact) mass is 373 g/mol. The second kappa shape index (κ2) is 10.4. The Morgan fingerprint density at radius 2 is 1.56 bits per heavy atom. The lowest BCUT2D eigenvalue weighted by Crippen LogP contribution is -2.29. The number of carbonyl (C=O) groups is 4. The number of aliphatic carboxylic acids is 1. The number of Topliss-reactive ketones (excluding diaryl/α,β-unsaturated/α-hetero) is 2. The molecule has 1 aliphatic rings. The van der Waals surface area contributed by atoms with Crippen LogP contribution in [0.4, 0.5) is 0 Å². The number of carboxylic acids is 1. The molecular weight excluding hydrogens is 346 g/mol. The van der Waals surface area contributed by atoms with Gasteiger partial charge in [-0.2, -0.15) is 0 Å². The molecule has 27 heavy (non-hydrogen) atoms. The predicted octanol–water partition coefficient (Wildman–Crippen LogP) is 3.42. The van der Waals surface area contributed by atoms with E-state index in [0.29, 0.717) is 35.1 Å². The lowest BCUT2D eigenvalue weighted by molar-refractivity contribution is -0.137. The summed E-state index contributed by atoms with van der Waals surface area (Å²) in [5.74, 6) is -1.00. The summed E-state index contributed by atoms with van der Waals surface area (Å²) in [5, 5.41) is 10.7. The average molecular weight is 373 g/mol. The second-order valence-corrected chi connectivity index (χ2v) is 7.06. The summed E-state index contributed by atoms with van der Waals surface area (Å²) in [4.78, 5) is 46.6. The smallest absolute Gasteiger partial charge is 0.322 e. The largest absolute Gasteiger partial charge is 0.480 e. The minimum absolute atomic E-state index is 0.104. The molecule has 1 aromatic rings. The van der Waals surface area contributed by atoms with Crippen LogP contribution in [0, 0.1) is 5.92 Å². The standard InChI is InChI=1S/C17H17NO5.C4H10/c1-10-11(7-4-8-14(19)18-9-15(20)21)17(23)13-6-3-2-5-12(13)16(10)22;1-4(2)3/h2-3,5-6H,4,7-9H2,1H3,(H,18,19)(H,20,21);4H,1-3H3. The number of hydrogen-bond donors (Lipinski definition) is 2. The molecule has 6 nitrogen and oxygen atoms in total. The molecule has 6 heteroatoms. The summed E-state index contributed by atoms with van der Waals surface area (Å²) in [5.41, 5.74) is 1.66. The number of amides is 1. The quantitative estimate of drug-likeness (QED) is 0.796. The molecule has 1 aromatic carbocycles. The molecule has 0 fully saturated rings. The number of carboxylic acid groups (broad SMARTS) is 1. The van der Waals surface area contributed by atoms with Gasteiger partial charge < -0.3 is 10.4 Å². The molecule has 0 heterocycles. The van der Waals surface area contributed by atoms with E-state index in [2.05, 4.69) is 26.1 Å². The van der Waals surface area contributed by atoms with Crippen molar-refractivity contribution in [3.63, 3.8) is 0 Å². The van der Waals surface area contributed by atoms with E-state index in [0.717, 1.165) is 5.92 Å². The van der Waals surface area contributed by atoms with E-state index in [1.807, 2.05) is 0 Å². The third-order valence-electron chi connectivity index (χ3n) is 3.75. The molecule has 0 spiro atoms. The zero-order chi connectivity index (χ0) is 20.6. The minimum atomic E-state index is -1.11. The number of carbonyl (C=O) groups excluding carboxylic acids is 3. The summed E-state index contributed by atoms with van der Waals surface area (Å²) in [6.45, 7) is 7.70. The van der Waals surface area contributed by atoms with E-state index in [1.165, 1.54) is 0 Å². The van der Waals surface area contributed by atoms with Crippen LogP contribution in [0.2, 0.25) is 0 Å². The number of benzene rings is 1. The van der Waals surface area contributed by atoms with Gasteiger partial charge in [0, 0.05) is 28.7 Å². The van der Waals surface area contributed by atoms with Crippen molar-refractivity contribution in [1.82, 2.24) is 5.32 Å². The molecule has 2 rings (SSSR count). The first-order valence-electron chi connectivity index (χ1n) is 9.01. The highest BCUT2D eigenvalue weighted by Crippen LogP contribution is 2.28. The average Bonchev–Trinajstić information content (AvgIpc) is 2.60. The van der Waals surface area contributed by atoms with Gasteiger partial charge in [0.05, 0.1) is 0 Å². The Morgan fingerprint density at radius 3 is 2.07 bits per heavy atom. The summed E-state index contributed by atoms with van der Waals surface area (Å²) in [6, 6.07) is 6.69. The maximum atomic E-state index is 12.5.